The minimum atomic E-state index is -0.877. The molecule has 1 amide bonds. The molecule has 10 nitrogen and oxygen atoms in total. The van der Waals surface area contributed by atoms with Gasteiger partial charge in [-0.3, -0.25) is 9.52 Å². The van der Waals surface area contributed by atoms with Crippen LogP contribution in [0.15, 0.2) is 71.9 Å². The van der Waals surface area contributed by atoms with Gasteiger partial charge < -0.3 is 19.7 Å². The summed E-state index contributed by atoms with van der Waals surface area (Å²) in [6.07, 6.45) is 9.76. The minimum absolute atomic E-state index is 0.210. The van der Waals surface area contributed by atoms with Crippen molar-refractivity contribution in [2.75, 3.05) is 29.9 Å². The van der Waals surface area contributed by atoms with Gasteiger partial charge in [-0.05, 0) is 111 Å². The average molecular weight is 712 g/mol. The van der Waals surface area contributed by atoms with Crippen molar-refractivity contribution in [3.8, 4) is 17.4 Å². The number of anilines is 2. The molecule has 4 radical (unpaired) electrons. The van der Waals surface area contributed by atoms with E-state index in [1.54, 1.807) is 4.68 Å². The summed E-state index contributed by atoms with van der Waals surface area (Å²) in [4.78, 5) is 26.1. The normalized spacial score (nSPS) is 22.5. The molecule has 4 fully saturated rings. The van der Waals surface area contributed by atoms with E-state index in [2.05, 4.69) is 28.8 Å². The third kappa shape index (κ3) is 6.02. The van der Waals surface area contributed by atoms with E-state index in [-0.39, 0.29) is 18.1 Å². The lowest BCUT2D eigenvalue weighted by Gasteiger charge is -2.34. The molecule has 13 heteroatoms. The molecule has 4 aromatic rings. The highest BCUT2D eigenvalue weighted by Crippen LogP contribution is 2.95. The van der Waals surface area contributed by atoms with E-state index in [0.717, 1.165) is 37.9 Å². The lowest BCUT2D eigenvalue weighted by Crippen LogP contribution is -2.40. The Hall–Kier alpha value is -4.12. The molecular formula is C39H43B2N7O3S. The number of ether oxygens (including phenoxy) is 2. The molecule has 52 heavy (non-hydrogen) atoms. The highest BCUT2D eigenvalue weighted by Gasteiger charge is 2.88. The first-order chi connectivity index (χ1) is 25.1. The Bertz CT molecular complexity index is 1980. The summed E-state index contributed by atoms with van der Waals surface area (Å²) in [5.74, 6) is 3.53. The number of carbonyl (C=O) groups is 1. The Balaban J connectivity index is 0.947. The van der Waals surface area contributed by atoms with Crippen LogP contribution in [0.2, 0.25) is 5.21 Å². The van der Waals surface area contributed by atoms with Gasteiger partial charge in [0.05, 0.1) is 27.9 Å². The predicted molar refractivity (Wildman–Crippen MR) is 203 cm³/mol. The Morgan fingerprint density at radius 3 is 2.54 bits per heavy atom. The fraction of sp³-hybridized carbons (Fsp3) is 0.487. The number of nitrogens with zero attached hydrogens (tertiary/aromatic N) is 5. The Labute approximate surface area is 312 Å². The van der Waals surface area contributed by atoms with Crippen molar-refractivity contribution in [3.05, 3.63) is 78.0 Å². The van der Waals surface area contributed by atoms with Crippen LogP contribution in [-0.2, 0) is 6.61 Å². The predicted octanol–water partition coefficient (Wildman–Crippen LogP) is 6.51. The molecule has 2 spiro atoms. The number of amides is 1. The number of fused-ring (bicyclic) bond motifs is 7. The van der Waals surface area contributed by atoms with Crippen molar-refractivity contribution in [3.63, 3.8) is 0 Å². The molecule has 3 aromatic heterocycles. The van der Waals surface area contributed by atoms with E-state index < -0.39 is 5.21 Å². The summed E-state index contributed by atoms with van der Waals surface area (Å²) in [7, 11) is 13.3. The van der Waals surface area contributed by atoms with Crippen LogP contribution in [0, 0.1) is 22.7 Å². The summed E-state index contributed by atoms with van der Waals surface area (Å²) >= 11 is 1.17. The summed E-state index contributed by atoms with van der Waals surface area (Å²) < 4.78 is 17.0. The van der Waals surface area contributed by atoms with Crippen LogP contribution in [0.5, 0.6) is 11.6 Å². The van der Waals surface area contributed by atoms with Gasteiger partial charge >= 0.3 is 0 Å². The molecule has 9 rings (SSSR count). The van der Waals surface area contributed by atoms with Crippen molar-refractivity contribution < 1.29 is 14.3 Å². The number of benzene rings is 1. The first-order valence-corrected chi connectivity index (χ1v) is 19.3. The molecule has 1 atom stereocenters. The Kier molecular flexibility index (Phi) is 8.10. The van der Waals surface area contributed by atoms with Crippen LogP contribution < -0.4 is 24.4 Å². The second kappa shape index (κ2) is 12.5. The molecule has 5 aliphatic rings. The average Bonchev–Trinajstić information content (AvgIpc) is 4.09. The number of nitrogens with one attached hydrogen (secondary N) is 2. The summed E-state index contributed by atoms with van der Waals surface area (Å²) in [5.41, 5.74) is 2.12. The van der Waals surface area contributed by atoms with Gasteiger partial charge in [0, 0.05) is 42.8 Å². The SMILES string of the molecule is [B]C([B])(COc1ccn(-c2ccc3c(n2)N2CC(CCCNc4nc(ccc4OCc4ccccc4)SNC3=O)CC2(C)C)n1)C1C2(CC2)C12CC2. The standard InChI is InChI=1S/C39H43B2N7O3S/c1-36(2)21-26-9-6-19-42-32-28(50-23-25-7-4-3-5-8-25)11-13-31(44-32)52-46-34(49)27-10-12-29(43-33(27)47(36)22-26)48-20-14-30(45-48)51-24-39(40,41)35-37(15-16-37)38(35)17-18-38/h3-5,7-8,10-14,20,26,35H,6,9,15-19,21-24H2,1-2H3,(H,42,44)(H,46,49). The molecular weight excluding hydrogens is 668 g/mol. The number of hydrogen-bond acceptors (Lipinski definition) is 9. The molecule has 4 bridgehead atoms. The molecule has 1 saturated heterocycles. The van der Waals surface area contributed by atoms with Crippen LogP contribution in [0.25, 0.3) is 5.82 Å². The van der Waals surface area contributed by atoms with E-state index in [9.17, 15) is 4.79 Å². The fourth-order valence-electron chi connectivity index (χ4n) is 9.52. The van der Waals surface area contributed by atoms with E-state index in [1.807, 2.05) is 66.9 Å². The van der Waals surface area contributed by atoms with E-state index in [0.29, 0.717) is 68.9 Å². The maximum Gasteiger partial charge on any atom is 0.265 e. The molecule has 2 N–H and O–H groups in total. The van der Waals surface area contributed by atoms with Gasteiger partial charge in [-0.1, -0.05) is 35.5 Å². The molecule has 1 unspecified atom stereocenters. The van der Waals surface area contributed by atoms with Crippen molar-refractivity contribution in [1.82, 2.24) is 24.5 Å². The first-order valence-electron chi connectivity index (χ1n) is 18.5. The van der Waals surface area contributed by atoms with Gasteiger partial charge in [0.25, 0.3) is 5.91 Å². The van der Waals surface area contributed by atoms with Crippen molar-refractivity contribution >= 4 is 45.2 Å². The van der Waals surface area contributed by atoms with Gasteiger partial charge in [-0.25, -0.2) is 14.6 Å². The quantitative estimate of drug-likeness (QED) is 0.156. The van der Waals surface area contributed by atoms with Crippen LogP contribution in [-0.4, -0.2) is 66.6 Å². The van der Waals surface area contributed by atoms with E-state index >= 15 is 0 Å². The van der Waals surface area contributed by atoms with Gasteiger partial charge in [0.15, 0.2) is 17.4 Å². The van der Waals surface area contributed by atoms with Crippen LogP contribution in [0.4, 0.5) is 11.6 Å². The second-order valence-corrected chi connectivity index (χ2v) is 17.0. The smallest absolute Gasteiger partial charge is 0.265 e. The number of pyridine rings is 2. The number of carbonyl (C=O) groups excluding carboxylic acids is 1. The third-order valence-corrected chi connectivity index (χ3v) is 12.8. The molecule has 1 aromatic carbocycles. The molecule has 3 saturated carbocycles. The zero-order valence-corrected chi connectivity index (χ0v) is 30.6. The largest absolute Gasteiger partial charge is 0.485 e. The third-order valence-electron chi connectivity index (χ3n) is 12.1. The van der Waals surface area contributed by atoms with Gasteiger partial charge in [0.2, 0.25) is 5.88 Å². The Morgan fingerprint density at radius 1 is 0.981 bits per heavy atom. The maximum atomic E-state index is 13.9. The molecule has 3 aliphatic carbocycles. The van der Waals surface area contributed by atoms with Crippen molar-refractivity contribution in [2.45, 2.75) is 81.2 Å². The summed E-state index contributed by atoms with van der Waals surface area (Å²) in [6, 6.07) is 19.3. The maximum absolute atomic E-state index is 13.9. The van der Waals surface area contributed by atoms with Gasteiger partial charge in [-0.15, -0.1) is 5.10 Å². The first kappa shape index (κ1) is 33.7. The molecule has 2 aliphatic heterocycles. The zero-order valence-electron chi connectivity index (χ0n) is 29.8. The van der Waals surface area contributed by atoms with Crippen molar-refractivity contribution in [1.29, 1.82) is 0 Å². The van der Waals surface area contributed by atoms with Crippen LogP contribution in [0.1, 0.15) is 74.7 Å². The summed E-state index contributed by atoms with van der Waals surface area (Å²) in [6.45, 7) is 6.66. The summed E-state index contributed by atoms with van der Waals surface area (Å²) in [5, 5.41) is 7.97. The highest BCUT2D eigenvalue weighted by atomic mass is 32.2. The van der Waals surface area contributed by atoms with E-state index in [1.165, 1.54) is 37.6 Å². The van der Waals surface area contributed by atoms with Crippen LogP contribution >= 0.6 is 11.9 Å². The number of rotatable bonds is 8. The lowest BCUT2D eigenvalue weighted by molar-refractivity contribution is 0.0984. The topological polar surface area (TPSA) is 106 Å². The monoisotopic (exact) mass is 711 g/mol. The van der Waals surface area contributed by atoms with Gasteiger partial charge in [-0.2, -0.15) is 0 Å². The minimum Gasteiger partial charge on any atom is -0.485 e. The second-order valence-electron chi connectivity index (χ2n) is 16.2. The number of hydrogen-bond donors (Lipinski definition) is 2. The zero-order chi connectivity index (χ0) is 35.7. The van der Waals surface area contributed by atoms with Gasteiger partial charge in [0.1, 0.15) is 17.5 Å². The number of aromatic nitrogens is 4. The molecule has 5 heterocycles. The highest BCUT2D eigenvalue weighted by molar-refractivity contribution is 7.97. The fourth-order valence-corrected chi connectivity index (χ4v) is 10.1. The van der Waals surface area contributed by atoms with Crippen molar-refractivity contribution in [2.24, 2.45) is 22.7 Å². The lowest BCUT2D eigenvalue weighted by atomic mass is 9.51. The molecule has 264 valence electrons. The Morgan fingerprint density at radius 2 is 1.77 bits per heavy atom. The van der Waals surface area contributed by atoms with Crippen LogP contribution in [0.3, 0.4) is 0 Å². The van der Waals surface area contributed by atoms with E-state index in [4.69, 9.17) is 40.2 Å².